The van der Waals surface area contributed by atoms with E-state index in [2.05, 4.69) is 0 Å². The summed E-state index contributed by atoms with van der Waals surface area (Å²) in [6, 6.07) is 11.0. The van der Waals surface area contributed by atoms with Crippen molar-refractivity contribution in [1.29, 1.82) is 0 Å². The molecular formula is C7H10OSi. The van der Waals surface area contributed by atoms with Crippen LogP contribution in [0.5, 0.6) is 0 Å². The Labute approximate surface area is 57.3 Å². The Morgan fingerprint density at radius 1 is 1.22 bits per heavy atom. The summed E-state index contributed by atoms with van der Waals surface area (Å²) in [5.41, 5.74) is 1.26. The van der Waals surface area contributed by atoms with Crippen molar-refractivity contribution in [3.05, 3.63) is 35.9 Å². The summed E-state index contributed by atoms with van der Waals surface area (Å²) in [5, 5.41) is 0. The van der Waals surface area contributed by atoms with Crippen LogP contribution < -0.4 is 0 Å². The first-order chi connectivity index (χ1) is 4.43. The summed E-state index contributed by atoms with van der Waals surface area (Å²) in [6.07, 6.45) is 0. The first-order valence-corrected chi connectivity index (χ1v) is 4.71. The lowest BCUT2D eigenvalue weighted by Crippen LogP contribution is -1.93. The summed E-state index contributed by atoms with van der Waals surface area (Å²) >= 11 is 0. The molecule has 2 heteroatoms. The van der Waals surface area contributed by atoms with Gasteiger partial charge in [-0.2, -0.15) is 0 Å². The van der Waals surface area contributed by atoms with E-state index in [1.54, 1.807) is 0 Å². The lowest BCUT2D eigenvalue weighted by molar-refractivity contribution is 0.600. The van der Waals surface area contributed by atoms with E-state index in [0.717, 1.165) is 6.04 Å². The molecule has 0 fully saturated rings. The van der Waals surface area contributed by atoms with E-state index < -0.39 is 9.76 Å². The normalized spacial score (nSPS) is 10.8. The maximum atomic E-state index is 8.66. The highest BCUT2D eigenvalue weighted by Gasteiger charge is 1.86. The van der Waals surface area contributed by atoms with E-state index in [4.69, 9.17) is 4.80 Å². The van der Waals surface area contributed by atoms with Gasteiger partial charge in [-0.05, 0) is 11.6 Å². The SMILES string of the molecule is O[SiH2]Cc1ccccc1. The van der Waals surface area contributed by atoms with Gasteiger partial charge in [0.1, 0.15) is 0 Å². The summed E-state index contributed by atoms with van der Waals surface area (Å²) < 4.78 is 0. The predicted molar refractivity (Wildman–Crippen MR) is 40.9 cm³/mol. The molecule has 0 aliphatic rings. The number of rotatable bonds is 2. The largest absolute Gasteiger partial charge is 0.438 e. The Morgan fingerprint density at radius 3 is 2.44 bits per heavy atom. The number of hydrogen-bond donors (Lipinski definition) is 1. The molecule has 1 rings (SSSR count). The molecule has 48 valence electrons. The molecule has 0 bridgehead atoms. The maximum absolute atomic E-state index is 8.66. The van der Waals surface area contributed by atoms with Gasteiger partial charge >= 0.3 is 0 Å². The topological polar surface area (TPSA) is 20.2 Å². The zero-order valence-corrected chi connectivity index (χ0v) is 6.66. The fourth-order valence-electron chi connectivity index (χ4n) is 0.774. The van der Waals surface area contributed by atoms with Gasteiger partial charge in [-0.15, -0.1) is 0 Å². The summed E-state index contributed by atoms with van der Waals surface area (Å²) in [7, 11) is -0.784. The molecule has 0 aliphatic heterocycles. The Hall–Kier alpha value is -0.603. The van der Waals surface area contributed by atoms with E-state index in [0.29, 0.717) is 0 Å². The van der Waals surface area contributed by atoms with Crippen LogP contribution >= 0.6 is 0 Å². The monoisotopic (exact) mass is 138 g/mol. The number of benzene rings is 1. The molecule has 0 spiro atoms. The van der Waals surface area contributed by atoms with Gasteiger partial charge < -0.3 is 4.80 Å². The molecule has 0 radical (unpaired) electrons. The van der Waals surface area contributed by atoms with E-state index in [-0.39, 0.29) is 0 Å². The van der Waals surface area contributed by atoms with Crippen LogP contribution in [0.2, 0.25) is 0 Å². The zero-order chi connectivity index (χ0) is 6.53. The van der Waals surface area contributed by atoms with Gasteiger partial charge in [-0.1, -0.05) is 30.3 Å². The van der Waals surface area contributed by atoms with E-state index in [9.17, 15) is 0 Å². The van der Waals surface area contributed by atoms with Gasteiger partial charge in [0.25, 0.3) is 0 Å². The van der Waals surface area contributed by atoms with Crippen molar-refractivity contribution in [2.45, 2.75) is 6.04 Å². The third-order valence-corrected chi connectivity index (χ3v) is 2.04. The second-order valence-electron chi connectivity index (χ2n) is 1.96. The zero-order valence-electron chi connectivity index (χ0n) is 5.25. The lowest BCUT2D eigenvalue weighted by Gasteiger charge is -1.92. The molecule has 0 aliphatic carbocycles. The van der Waals surface area contributed by atoms with E-state index in [1.807, 2.05) is 30.3 Å². The van der Waals surface area contributed by atoms with E-state index >= 15 is 0 Å². The lowest BCUT2D eigenvalue weighted by atomic mass is 10.2. The molecule has 9 heavy (non-hydrogen) atoms. The van der Waals surface area contributed by atoms with Crippen molar-refractivity contribution in [2.75, 3.05) is 0 Å². The average Bonchev–Trinajstić information content (AvgIpc) is 1.91. The highest BCUT2D eigenvalue weighted by molar-refractivity contribution is 6.24. The van der Waals surface area contributed by atoms with Crippen LogP contribution in [-0.4, -0.2) is 14.6 Å². The molecule has 0 heterocycles. The minimum Gasteiger partial charge on any atom is -0.438 e. The maximum Gasteiger partial charge on any atom is 0.161 e. The van der Waals surface area contributed by atoms with Crippen molar-refractivity contribution in [3.63, 3.8) is 0 Å². The highest BCUT2D eigenvalue weighted by Crippen LogP contribution is 1.96. The molecule has 1 nitrogen and oxygen atoms in total. The van der Waals surface area contributed by atoms with Gasteiger partial charge in [0.15, 0.2) is 9.76 Å². The second kappa shape index (κ2) is 3.43. The number of hydrogen-bond acceptors (Lipinski definition) is 1. The van der Waals surface area contributed by atoms with Crippen LogP contribution in [0.3, 0.4) is 0 Å². The summed E-state index contributed by atoms with van der Waals surface area (Å²) in [6.45, 7) is 0. The summed E-state index contributed by atoms with van der Waals surface area (Å²) in [4.78, 5) is 8.66. The molecule has 0 saturated heterocycles. The minimum atomic E-state index is -0.784. The fraction of sp³-hybridized carbons (Fsp3) is 0.143. The van der Waals surface area contributed by atoms with Crippen molar-refractivity contribution < 1.29 is 4.80 Å². The molecule has 0 amide bonds. The molecule has 0 atom stereocenters. The standard InChI is InChI=1S/C7H10OSi/c8-9-6-7-4-2-1-3-5-7/h1-5,8H,6,9H2. The van der Waals surface area contributed by atoms with Crippen molar-refractivity contribution in [1.82, 2.24) is 0 Å². The van der Waals surface area contributed by atoms with Gasteiger partial charge in [0, 0.05) is 0 Å². The van der Waals surface area contributed by atoms with Crippen LogP contribution in [0, 0.1) is 0 Å². The Bertz CT molecular complexity index is 162. The quantitative estimate of drug-likeness (QED) is 0.581. The van der Waals surface area contributed by atoms with Crippen molar-refractivity contribution in [3.8, 4) is 0 Å². The molecule has 0 aromatic heterocycles. The van der Waals surface area contributed by atoms with Gasteiger partial charge in [0.05, 0.1) is 0 Å². The van der Waals surface area contributed by atoms with Crippen LogP contribution in [-0.2, 0) is 6.04 Å². The molecule has 1 N–H and O–H groups in total. The van der Waals surface area contributed by atoms with Crippen molar-refractivity contribution >= 4 is 9.76 Å². The molecule has 0 unspecified atom stereocenters. The Kier molecular flexibility index (Phi) is 2.48. The highest BCUT2D eigenvalue weighted by atomic mass is 28.2. The third-order valence-electron chi connectivity index (χ3n) is 1.24. The van der Waals surface area contributed by atoms with Crippen LogP contribution in [0.4, 0.5) is 0 Å². The Morgan fingerprint density at radius 2 is 1.89 bits per heavy atom. The van der Waals surface area contributed by atoms with Crippen LogP contribution in [0.25, 0.3) is 0 Å². The van der Waals surface area contributed by atoms with Gasteiger partial charge in [0.2, 0.25) is 0 Å². The molecule has 0 saturated carbocycles. The van der Waals surface area contributed by atoms with E-state index in [1.165, 1.54) is 5.56 Å². The average molecular weight is 138 g/mol. The predicted octanol–water partition coefficient (Wildman–Crippen LogP) is 0.263. The second-order valence-corrected chi connectivity index (χ2v) is 2.91. The molecular weight excluding hydrogens is 128 g/mol. The summed E-state index contributed by atoms with van der Waals surface area (Å²) in [5.74, 6) is 0. The first-order valence-electron chi connectivity index (χ1n) is 3.08. The molecule has 1 aromatic carbocycles. The first kappa shape index (κ1) is 6.52. The van der Waals surface area contributed by atoms with Crippen molar-refractivity contribution in [2.24, 2.45) is 0 Å². The van der Waals surface area contributed by atoms with Crippen LogP contribution in [0.15, 0.2) is 30.3 Å². The fourth-order valence-corrected chi connectivity index (χ4v) is 1.37. The minimum absolute atomic E-state index is 0.784. The Balaban J connectivity index is 2.61. The third kappa shape index (κ3) is 1.99. The molecule has 1 aromatic rings. The van der Waals surface area contributed by atoms with Gasteiger partial charge in [-0.3, -0.25) is 0 Å². The smallest absolute Gasteiger partial charge is 0.161 e. The van der Waals surface area contributed by atoms with Crippen LogP contribution in [0.1, 0.15) is 5.56 Å². The van der Waals surface area contributed by atoms with Gasteiger partial charge in [-0.25, -0.2) is 0 Å².